The van der Waals surface area contributed by atoms with Gasteiger partial charge in [0.1, 0.15) is 0 Å². The van der Waals surface area contributed by atoms with E-state index in [1.807, 2.05) is 13.8 Å². The molecule has 20 heavy (non-hydrogen) atoms. The Bertz CT molecular complexity index is 344. The lowest BCUT2D eigenvalue weighted by Gasteiger charge is -2.24. The van der Waals surface area contributed by atoms with E-state index < -0.39 is 18.2 Å². The summed E-state index contributed by atoms with van der Waals surface area (Å²) in [5, 5.41) is 11.6. The molecule has 2 unspecified atom stereocenters. The largest absolute Gasteiger partial charge is 0.479 e. The highest BCUT2D eigenvalue weighted by atomic mass is 16.6. The topological polar surface area (TPSA) is 88.2 Å². The molecule has 6 nitrogen and oxygen atoms in total. The highest BCUT2D eigenvalue weighted by Gasteiger charge is 2.51. The third-order valence-corrected chi connectivity index (χ3v) is 3.40. The van der Waals surface area contributed by atoms with Crippen molar-refractivity contribution >= 4 is 11.9 Å². The number of carboxylic acids is 1. The zero-order valence-corrected chi connectivity index (χ0v) is 12.6. The fourth-order valence-corrected chi connectivity index (χ4v) is 1.83. The van der Waals surface area contributed by atoms with Crippen LogP contribution in [0.1, 0.15) is 34.1 Å². The molecular weight excluding hydrogens is 262 g/mol. The number of epoxide rings is 1. The summed E-state index contributed by atoms with van der Waals surface area (Å²) >= 11 is 0. The maximum absolute atomic E-state index is 11.9. The van der Waals surface area contributed by atoms with E-state index in [1.165, 1.54) is 0 Å². The monoisotopic (exact) mass is 287 g/mol. The number of rotatable bonds is 9. The van der Waals surface area contributed by atoms with Crippen LogP contribution in [0.25, 0.3) is 0 Å². The highest BCUT2D eigenvalue weighted by molar-refractivity contribution is 5.92. The van der Waals surface area contributed by atoms with Crippen LogP contribution in [-0.2, 0) is 19.1 Å². The fourth-order valence-electron chi connectivity index (χ4n) is 1.83. The lowest BCUT2D eigenvalue weighted by Crippen LogP contribution is -2.45. The Labute approximate surface area is 119 Å². The van der Waals surface area contributed by atoms with Gasteiger partial charge in [-0.3, -0.25) is 4.79 Å². The van der Waals surface area contributed by atoms with E-state index >= 15 is 0 Å². The van der Waals surface area contributed by atoms with E-state index in [0.29, 0.717) is 19.1 Å². The maximum Gasteiger partial charge on any atom is 0.336 e. The van der Waals surface area contributed by atoms with Gasteiger partial charge < -0.3 is 19.9 Å². The Morgan fingerprint density at radius 3 is 2.35 bits per heavy atom. The van der Waals surface area contributed by atoms with Gasteiger partial charge in [-0.1, -0.05) is 34.1 Å². The van der Waals surface area contributed by atoms with Crippen LogP contribution in [0.2, 0.25) is 0 Å². The number of amides is 1. The van der Waals surface area contributed by atoms with Crippen LogP contribution in [0.4, 0.5) is 0 Å². The number of carbonyl (C=O) groups excluding carboxylic acids is 1. The minimum Gasteiger partial charge on any atom is -0.479 e. The fraction of sp³-hybridized carbons (Fsp3) is 0.857. The summed E-state index contributed by atoms with van der Waals surface area (Å²) in [4.78, 5) is 22.6. The predicted octanol–water partition coefficient (Wildman–Crippen LogP) is 1.04. The van der Waals surface area contributed by atoms with E-state index in [4.69, 9.17) is 14.6 Å². The van der Waals surface area contributed by atoms with Crippen molar-refractivity contribution in [2.75, 3.05) is 13.2 Å². The number of hydrogen-bond acceptors (Lipinski definition) is 4. The maximum atomic E-state index is 11.9. The summed E-state index contributed by atoms with van der Waals surface area (Å²) in [5.41, 5.74) is 0. The first kappa shape index (κ1) is 16.9. The summed E-state index contributed by atoms with van der Waals surface area (Å²) in [7, 11) is 0. The van der Waals surface area contributed by atoms with Crippen LogP contribution in [0.3, 0.4) is 0 Å². The number of carboxylic acid groups (broad SMARTS) is 1. The molecule has 1 rings (SSSR count). The van der Waals surface area contributed by atoms with Gasteiger partial charge in [0.25, 0.3) is 5.91 Å². The Kier molecular flexibility index (Phi) is 6.42. The Morgan fingerprint density at radius 2 is 1.90 bits per heavy atom. The number of hydrogen-bond donors (Lipinski definition) is 2. The van der Waals surface area contributed by atoms with Gasteiger partial charge in [0, 0.05) is 6.61 Å². The molecule has 0 aromatic rings. The zero-order chi connectivity index (χ0) is 15.3. The SMILES string of the molecule is CCC(C)C(COCC(C)C)NC(=O)[C@H]1O[C@@H]1C(=O)O. The van der Waals surface area contributed by atoms with Crippen molar-refractivity contribution in [2.45, 2.75) is 52.4 Å². The lowest BCUT2D eigenvalue weighted by molar-refractivity contribution is -0.138. The van der Waals surface area contributed by atoms with E-state index in [-0.39, 0.29) is 17.9 Å². The van der Waals surface area contributed by atoms with Gasteiger partial charge in [0.15, 0.2) is 12.2 Å². The molecule has 1 saturated heterocycles. The molecule has 2 N–H and O–H groups in total. The zero-order valence-electron chi connectivity index (χ0n) is 12.6. The summed E-state index contributed by atoms with van der Waals surface area (Å²) in [6.07, 6.45) is -0.947. The van der Waals surface area contributed by atoms with Gasteiger partial charge >= 0.3 is 5.97 Å². The van der Waals surface area contributed by atoms with Crippen LogP contribution in [0.5, 0.6) is 0 Å². The summed E-state index contributed by atoms with van der Waals surface area (Å²) in [6, 6.07) is -0.120. The Hall–Kier alpha value is -1.14. The molecule has 1 aliphatic rings. The third kappa shape index (κ3) is 5.09. The van der Waals surface area contributed by atoms with Crippen molar-refractivity contribution in [3.8, 4) is 0 Å². The molecule has 0 spiro atoms. The van der Waals surface area contributed by atoms with Gasteiger partial charge in [-0.2, -0.15) is 0 Å². The van der Waals surface area contributed by atoms with Crippen molar-refractivity contribution in [3.63, 3.8) is 0 Å². The normalized spacial score (nSPS) is 24.2. The quantitative estimate of drug-likeness (QED) is 0.619. The smallest absolute Gasteiger partial charge is 0.336 e. The van der Waals surface area contributed by atoms with Crippen molar-refractivity contribution in [1.29, 1.82) is 0 Å². The first-order valence-corrected chi connectivity index (χ1v) is 7.13. The predicted molar refractivity (Wildman–Crippen MR) is 73.3 cm³/mol. The Balaban J connectivity index is 2.44. The second-order valence-electron chi connectivity index (χ2n) is 5.75. The van der Waals surface area contributed by atoms with Gasteiger partial charge in [-0.25, -0.2) is 4.79 Å². The molecule has 4 atom stereocenters. The number of aliphatic carboxylic acids is 1. The average Bonchev–Trinajstić information content (AvgIpc) is 3.16. The molecule has 1 heterocycles. The van der Waals surface area contributed by atoms with Crippen LogP contribution < -0.4 is 5.32 Å². The van der Waals surface area contributed by atoms with E-state index in [1.54, 1.807) is 0 Å². The van der Waals surface area contributed by atoms with Crippen molar-refractivity contribution in [3.05, 3.63) is 0 Å². The molecule has 1 fully saturated rings. The van der Waals surface area contributed by atoms with Gasteiger partial charge in [-0.05, 0) is 11.8 Å². The van der Waals surface area contributed by atoms with Crippen molar-refractivity contribution in [1.82, 2.24) is 5.32 Å². The number of carbonyl (C=O) groups is 2. The van der Waals surface area contributed by atoms with Crippen molar-refractivity contribution < 1.29 is 24.2 Å². The van der Waals surface area contributed by atoms with E-state index in [0.717, 1.165) is 6.42 Å². The molecule has 116 valence electrons. The summed E-state index contributed by atoms with van der Waals surface area (Å²) in [6.45, 7) is 9.27. The Morgan fingerprint density at radius 1 is 1.25 bits per heavy atom. The molecular formula is C14H25NO5. The first-order valence-electron chi connectivity index (χ1n) is 7.13. The van der Waals surface area contributed by atoms with Gasteiger partial charge in [0.05, 0.1) is 12.6 Å². The molecule has 0 radical (unpaired) electrons. The average molecular weight is 287 g/mol. The number of nitrogens with one attached hydrogen (secondary N) is 1. The van der Waals surface area contributed by atoms with Gasteiger partial charge in [-0.15, -0.1) is 0 Å². The second kappa shape index (κ2) is 7.59. The molecule has 0 aromatic heterocycles. The first-order chi connectivity index (χ1) is 9.36. The minimum absolute atomic E-state index is 0.120. The van der Waals surface area contributed by atoms with Crippen LogP contribution in [0, 0.1) is 11.8 Å². The third-order valence-electron chi connectivity index (χ3n) is 3.40. The second-order valence-corrected chi connectivity index (χ2v) is 5.75. The summed E-state index contributed by atoms with van der Waals surface area (Å²) in [5.74, 6) is -0.767. The lowest BCUT2D eigenvalue weighted by atomic mass is 9.99. The minimum atomic E-state index is -1.10. The summed E-state index contributed by atoms with van der Waals surface area (Å²) < 4.78 is 10.4. The van der Waals surface area contributed by atoms with E-state index in [9.17, 15) is 9.59 Å². The standard InChI is InChI=1S/C14H25NO5/c1-5-9(4)10(7-19-6-8(2)3)15-13(16)11-12(20-11)14(17)18/h8-12H,5-7H2,1-4H3,(H,15,16)(H,17,18)/t9?,10?,11-,12-/m0/s1. The van der Waals surface area contributed by atoms with Gasteiger partial charge in [0.2, 0.25) is 0 Å². The molecule has 1 aliphatic heterocycles. The van der Waals surface area contributed by atoms with Crippen LogP contribution in [-0.4, -0.2) is 48.4 Å². The molecule has 0 aromatic carbocycles. The number of ether oxygens (including phenoxy) is 2. The molecule has 0 saturated carbocycles. The van der Waals surface area contributed by atoms with E-state index in [2.05, 4.69) is 19.2 Å². The van der Waals surface area contributed by atoms with Crippen LogP contribution in [0.15, 0.2) is 0 Å². The molecule has 0 bridgehead atoms. The molecule has 6 heteroatoms. The highest BCUT2D eigenvalue weighted by Crippen LogP contribution is 2.23. The molecule has 0 aliphatic carbocycles. The molecule has 1 amide bonds. The van der Waals surface area contributed by atoms with Crippen LogP contribution >= 0.6 is 0 Å². The van der Waals surface area contributed by atoms with Crippen molar-refractivity contribution in [2.24, 2.45) is 11.8 Å².